The van der Waals surface area contributed by atoms with Gasteiger partial charge in [-0.2, -0.15) is 13.2 Å². The highest BCUT2D eigenvalue weighted by Crippen LogP contribution is 2.37. The number of rotatable bonds is 4. The van der Waals surface area contributed by atoms with Gasteiger partial charge in [-0.1, -0.05) is 19.4 Å². The van der Waals surface area contributed by atoms with E-state index in [1.807, 2.05) is 0 Å². The van der Waals surface area contributed by atoms with E-state index in [0.29, 0.717) is 12.8 Å². The van der Waals surface area contributed by atoms with E-state index in [1.165, 1.54) is 19.2 Å². The minimum Gasteiger partial charge on any atom is -0.497 e. The molecule has 0 unspecified atom stereocenters. The normalized spacial score (nSPS) is 13.5. The zero-order chi connectivity index (χ0) is 13.1. The van der Waals surface area contributed by atoms with Gasteiger partial charge in [0.1, 0.15) is 5.75 Å². The molecule has 1 aromatic carbocycles. The lowest BCUT2D eigenvalue weighted by Crippen LogP contribution is -2.12. The Balaban J connectivity index is 3.20. The van der Waals surface area contributed by atoms with Crippen LogP contribution in [0, 0.1) is 0 Å². The number of methoxy groups -OCH3 is 1. The topological polar surface area (TPSA) is 29.5 Å². The summed E-state index contributed by atoms with van der Waals surface area (Å²) >= 11 is 0. The Kier molecular flexibility index (Phi) is 4.40. The van der Waals surface area contributed by atoms with Gasteiger partial charge in [-0.05, 0) is 24.1 Å². The average Bonchev–Trinajstić information content (AvgIpc) is 2.27. The molecular weight excluding hydrogens is 233 g/mol. The van der Waals surface area contributed by atoms with Gasteiger partial charge in [0.15, 0.2) is 0 Å². The van der Waals surface area contributed by atoms with E-state index in [1.54, 1.807) is 6.92 Å². The van der Waals surface area contributed by atoms with Gasteiger partial charge >= 0.3 is 6.18 Å². The van der Waals surface area contributed by atoms with Crippen molar-refractivity contribution in [3.8, 4) is 5.75 Å². The first kappa shape index (κ1) is 13.8. The Labute approximate surface area is 98.0 Å². The van der Waals surface area contributed by atoms with E-state index in [0.717, 1.165) is 6.07 Å². The lowest BCUT2D eigenvalue weighted by molar-refractivity contribution is -0.139. The smallest absolute Gasteiger partial charge is 0.416 e. The van der Waals surface area contributed by atoms with Crippen LogP contribution in [0.5, 0.6) is 5.75 Å². The first-order valence-electron chi connectivity index (χ1n) is 5.33. The second-order valence-electron chi connectivity index (χ2n) is 3.76. The lowest BCUT2D eigenvalue weighted by Gasteiger charge is -2.18. The van der Waals surface area contributed by atoms with Crippen molar-refractivity contribution < 1.29 is 23.0 Å². The zero-order valence-electron chi connectivity index (χ0n) is 9.71. The Bertz CT molecular complexity index is 375. The first-order chi connectivity index (χ1) is 7.90. The molecule has 1 aromatic rings. The van der Waals surface area contributed by atoms with Crippen LogP contribution in [-0.4, -0.2) is 12.2 Å². The predicted octanol–water partition coefficient (Wildman–Crippen LogP) is 3.55. The molecule has 0 spiro atoms. The standard InChI is InChI=1S/C12H15F3O2/c1-3-4-11(16)9-6-5-8(17-2)7-10(9)12(13,14)15/h5-7,11,16H,3-4H2,1-2H3/t11-/m1/s1. The molecule has 0 aliphatic heterocycles. The van der Waals surface area contributed by atoms with Gasteiger partial charge in [0.25, 0.3) is 0 Å². The number of hydrogen-bond acceptors (Lipinski definition) is 2. The highest BCUT2D eigenvalue weighted by atomic mass is 19.4. The monoisotopic (exact) mass is 248 g/mol. The maximum atomic E-state index is 12.8. The summed E-state index contributed by atoms with van der Waals surface area (Å²) in [6.45, 7) is 1.81. The van der Waals surface area contributed by atoms with Gasteiger partial charge in [-0.15, -0.1) is 0 Å². The molecule has 0 saturated heterocycles. The minimum absolute atomic E-state index is 0.0971. The van der Waals surface area contributed by atoms with Gasteiger partial charge in [-0.25, -0.2) is 0 Å². The van der Waals surface area contributed by atoms with E-state index >= 15 is 0 Å². The van der Waals surface area contributed by atoms with E-state index in [4.69, 9.17) is 4.74 Å². The highest BCUT2D eigenvalue weighted by Gasteiger charge is 2.35. The van der Waals surface area contributed by atoms with Crippen LogP contribution in [0.1, 0.15) is 37.0 Å². The van der Waals surface area contributed by atoms with E-state index in [-0.39, 0.29) is 11.3 Å². The SMILES string of the molecule is CCC[C@@H](O)c1ccc(OC)cc1C(F)(F)F. The molecule has 2 nitrogen and oxygen atoms in total. The molecule has 0 radical (unpaired) electrons. The molecule has 1 N–H and O–H groups in total. The summed E-state index contributed by atoms with van der Waals surface area (Å²) in [7, 11) is 1.30. The van der Waals surface area contributed by atoms with Crippen molar-refractivity contribution in [2.75, 3.05) is 7.11 Å². The van der Waals surface area contributed by atoms with Crippen LogP contribution < -0.4 is 4.74 Å². The molecule has 0 aliphatic rings. The molecule has 0 saturated carbocycles. The number of alkyl halides is 3. The maximum absolute atomic E-state index is 12.8. The van der Waals surface area contributed by atoms with Crippen LogP contribution in [-0.2, 0) is 6.18 Å². The molecule has 96 valence electrons. The summed E-state index contributed by atoms with van der Waals surface area (Å²) in [6.07, 6.45) is -4.67. The molecule has 0 fully saturated rings. The molecular formula is C12H15F3O2. The highest BCUT2D eigenvalue weighted by molar-refractivity contribution is 5.38. The number of hydrogen-bond donors (Lipinski definition) is 1. The van der Waals surface area contributed by atoms with Crippen LogP contribution in [0.3, 0.4) is 0 Å². The molecule has 0 aromatic heterocycles. The van der Waals surface area contributed by atoms with Gasteiger partial charge in [0, 0.05) is 0 Å². The van der Waals surface area contributed by atoms with E-state index in [2.05, 4.69) is 0 Å². The Morgan fingerprint density at radius 1 is 1.35 bits per heavy atom. The number of aliphatic hydroxyl groups excluding tert-OH is 1. The third kappa shape index (κ3) is 3.36. The van der Waals surface area contributed by atoms with Crippen molar-refractivity contribution in [1.82, 2.24) is 0 Å². The third-order valence-corrected chi connectivity index (χ3v) is 2.49. The quantitative estimate of drug-likeness (QED) is 0.883. The fraction of sp³-hybridized carbons (Fsp3) is 0.500. The van der Waals surface area contributed by atoms with Gasteiger partial charge in [0.2, 0.25) is 0 Å². The van der Waals surface area contributed by atoms with Gasteiger partial charge < -0.3 is 9.84 Å². The largest absolute Gasteiger partial charge is 0.497 e. The minimum atomic E-state index is -4.49. The summed E-state index contributed by atoms with van der Waals surface area (Å²) < 4.78 is 43.2. The van der Waals surface area contributed by atoms with Crippen molar-refractivity contribution in [1.29, 1.82) is 0 Å². The second kappa shape index (κ2) is 5.40. The summed E-state index contributed by atoms with van der Waals surface area (Å²) in [4.78, 5) is 0. The van der Waals surface area contributed by atoms with Gasteiger partial charge in [-0.3, -0.25) is 0 Å². The summed E-state index contributed by atoms with van der Waals surface area (Å²) in [5, 5.41) is 9.69. The van der Waals surface area contributed by atoms with Crippen LogP contribution in [0.2, 0.25) is 0 Å². The van der Waals surface area contributed by atoms with Crippen molar-refractivity contribution >= 4 is 0 Å². The van der Waals surface area contributed by atoms with Crippen molar-refractivity contribution in [3.63, 3.8) is 0 Å². The summed E-state index contributed by atoms with van der Waals surface area (Å²) in [6, 6.07) is 3.60. The first-order valence-corrected chi connectivity index (χ1v) is 5.33. The summed E-state index contributed by atoms with van der Waals surface area (Å²) in [5.74, 6) is 0.129. The molecule has 5 heteroatoms. The van der Waals surface area contributed by atoms with Crippen LogP contribution in [0.4, 0.5) is 13.2 Å². The number of ether oxygens (including phenoxy) is 1. The average molecular weight is 248 g/mol. The van der Waals surface area contributed by atoms with Crippen molar-refractivity contribution in [2.24, 2.45) is 0 Å². The van der Waals surface area contributed by atoms with Gasteiger partial charge in [0.05, 0.1) is 18.8 Å². The molecule has 0 heterocycles. The molecule has 0 amide bonds. The van der Waals surface area contributed by atoms with Crippen LogP contribution in [0.25, 0.3) is 0 Å². The molecule has 17 heavy (non-hydrogen) atoms. The summed E-state index contributed by atoms with van der Waals surface area (Å²) in [5.41, 5.74) is -0.932. The van der Waals surface area contributed by atoms with Crippen molar-refractivity contribution in [2.45, 2.75) is 32.0 Å². The zero-order valence-corrected chi connectivity index (χ0v) is 9.71. The maximum Gasteiger partial charge on any atom is 0.416 e. The van der Waals surface area contributed by atoms with Crippen LogP contribution in [0.15, 0.2) is 18.2 Å². The van der Waals surface area contributed by atoms with E-state index < -0.39 is 17.8 Å². The molecule has 0 aliphatic carbocycles. The Morgan fingerprint density at radius 2 is 2.00 bits per heavy atom. The fourth-order valence-electron chi connectivity index (χ4n) is 1.63. The fourth-order valence-corrected chi connectivity index (χ4v) is 1.63. The predicted molar refractivity (Wildman–Crippen MR) is 57.9 cm³/mol. The number of halogens is 3. The van der Waals surface area contributed by atoms with Crippen molar-refractivity contribution in [3.05, 3.63) is 29.3 Å². The Hall–Kier alpha value is -1.23. The van der Waals surface area contributed by atoms with Crippen LogP contribution >= 0.6 is 0 Å². The molecule has 1 atom stereocenters. The molecule has 0 bridgehead atoms. The molecule has 1 rings (SSSR count). The second-order valence-corrected chi connectivity index (χ2v) is 3.76. The number of benzene rings is 1. The lowest BCUT2D eigenvalue weighted by atomic mass is 9.98. The van der Waals surface area contributed by atoms with E-state index in [9.17, 15) is 18.3 Å². The number of aliphatic hydroxyl groups is 1. The Morgan fingerprint density at radius 3 is 2.47 bits per heavy atom. The third-order valence-electron chi connectivity index (χ3n) is 2.49.